The first-order chi connectivity index (χ1) is 23.7. The molecule has 7 aromatic rings. The van der Waals surface area contributed by atoms with Crippen LogP contribution in [0, 0.1) is 22.7 Å². The minimum atomic E-state index is 0.298. The maximum atomic E-state index is 10.3. The third-order valence-electron chi connectivity index (χ3n) is 9.57. The van der Waals surface area contributed by atoms with Gasteiger partial charge in [0.2, 0.25) is 0 Å². The molecule has 2 aliphatic rings. The molecular formula is C44H26N2S2. The van der Waals surface area contributed by atoms with Crippen LogP contribution in [-0.4, -0.2) is 5.25 Å². The molecule has 0 radical (unpaired) electrons. The van der Waals surface area contributed by atoms with Crippen molar-refractivity contribution in [2.24, 2.45) is 0 Å². The fourth-order valence-corrected chi connectivity index (χ4v) is 10.0. The van der Waals surface area contributed by atoms with Crippen molar-refractivity contribution >= 4 is 48.8 Å². The van der Waals surface area contributed by atoms with Gasteiger partial charge in [0, 0.05) is 36.2 Å². The zero-order chi connectivity index (χ0) is 32.2. The van der Waals surface area contributed by atoms with Gasteiger partial charge in [-0.15, -0.1) is 23.1 Å². The molecule has 0 spiro atoms. The zero-order valence-corrected chi connectivity index (χ0v) is 27.4. The van der Waals surface area contributed by atoms with E-state index in [-0.39, 0.29) is 0 Å². The first-order valence-electron chi connectivity index (χ1n) is 15.9. The van der Waals surface area contributed by atoms with Gasteiger partial charge in [0.25, 0.3) is 0 Å². The summed E-state index contributed by atoms with van der Waals surface area (Å²) in [5.41, 5.74) is 10.8. The summed E-state index contributed by atoms with van der Waals surface area (Å²) < 4.78 is 2.49. The number of benzene rings is 6. The summed E-state index contributed by atoms with van der Waals surface area (Å²) in [4.78, 5) is 1.33. The summed E-state index contributed by atoms with van der Waals surface area (Å²) in [5.74, 6) is 0.340. The van der Waals surface area contributed by atoms with Crippen LogP contribution < -0.4 is 0 Å². The highest BCUT2D eigenvalue weighted by Crippen LogP contribution is 2.52. The van der Waals surface area contributed by atoms with E-state index < -0.39 is 0 Å². The van der Waals surface area contributed by atoms with Gasteiger partial charge in [-0.2, -0.15) is 10.5 Å². The molecule has 0 saturated carbocycles. The van der Waals surface area contributed by atoms with E-state index in [1.807, 2.05) is 42.1 Å². The normalized spacial score (nSPS) is 16.2. The van der Waals surface area contributed by atoms with Crippen LogP contribution in [0.25, 0.3) is 59.1 Å². The van der Waals surface area contributed by atoms with E-state index in [1.165, 1.54) is 36.2 Å². The number of hydrogen-bond acceptors (Lipinski definition) is 4. The topological polar surface area (TPSA) is 47.6 Å². The standard InChI is InChI=1S/C44H26N2S2/c45-25-31-23-29(35-12-6-14-39-37-10-1-3-16-41(37)47-43(35)39)18-20-33(31)27-8-5-9-28(22-27)34-21-19-30(24-32(34)26-46)36-13-7-15-40-38-11-2-4-17-42(38)48-44(36)40/h1-24,39,43H. The molecule has 6 aromatic carbocycles. The molecule has 2 unspecified atom stereocenters. The molecule has 4 heteroatoms. The SMILES string of the molecule is N#Cc1cc(C2=CC=CC3c4ccccc4SC23)ccc1-c1cccc(-c2ccc(-c3cccc4c3sc3ccccc34)cc2C#N)c1. The Morgan fingerprint density at radius 3 is 2.04 bits per heavy atom. The first-order valence-corrected chi connectivity index (χ1v) is 17.6. The second-order valence-corrected chi connectivity index (χ2v) is 14.5. The van der Waals surface area contributed by atoms with Crippen LogP contribution in [0.15, 0.2) is 151 Å². The predicted octanol–water partition coefficient (Wildman–Crippen LogP) is 12.0. The fourth-order valence-electron chi connectivity index (χ4n) is 7.29. The lowest BCUT2D eigenvalue weighted by Gasteiger charge is -2.23. The monoisotopic (exact) mass is 646 g/mol. The van der Waals surface area contributed by atoms with Crippen molar-refractivity contribution in [2.45, 2.75) is 16.1 Å². The predicted molar refractivity (Wildman–Crippen MR) is 201 cm³/mol. The molecule has 0 amide bonds. The maximum Gasteiger partial charge on any atom is 0.0998 e. The molecule has 1 aliphatic heterocycles. The number of fused-ring (bicyclic) bond motifs is 6. The second kappa shape index (κ2) is 11.5. The Morgan fingerprint density at radius 2 is 1.23 bits per heavy atom. The van der Waals surface area contributed by atoms with Crippen molar-refractivity contribution in [3.05, 3.63) is 168 Å². The minimum absolute atomic E-state index is 0.298. The molecule has 224 valence electrons. The van der Waals surface area contributed by atoms with E-state index in [4.69, 9.17) is 0 Å². The van der Waals surface area contributed by atoms with E-state index in [0.717, 1.165) is 38.9 Å². The van der Waals surface area contributed by atoms with Crippen molar-refractivity contribution in [1.82, 2.24) is 0 Å². The number of allylic oxidation sites excluding steroid dienone is 3. The molecule has 0 bridgehead atoms. The average molecular weight is 647 g/mol. The molecular weight excluding hydrogens is 621 g/mol. The van der Waals surface area contributed by atoms with Gasteiger partial charge in [-0.3, -0.25) is 0 Å². The largest absolute Gasteiger partial charge is 0.192 e. The number of nitriles is 2. The van der Waals surface area contributed by atoms with E-state index in [9.17, 15) is 10.5 Å². The van der Waals surface area contributed by atoms with Crippen LogP contribution in [0.4, 0.5) is 0 Å². The van der Waals surface area contributed by atoms with Gasteiger partial charge in [0.1, 0.15) is 0 Å². The Kier molecular flexibility index (Phi) is 6.87. The number of hydrogen-bond donors (Lipinski definition) is 0. The molecule has 2 heterocycles. The quantitative estimate of drug-likeness (QED) is 0.191. The molecule has 48 heavy (non-hydrogen) atoms. The lowest BCUT2D eigenvalue weighted by Crippen LogP contribution is -2.13. The number of rotatable bonds is 4. The van der Waals surface area contributed by atoms with Crippen LogP contribution in [0.2, 0.25) is 0 Å². The highest BCUT2D eigenvalue weighted by Gasteiger charge is 2.35. The van der Waals surface area contributed by atoms with E-state index in [0.29, 0.717) is 22.3 Å². The van der Waals surface area contributed by atoms with Gasteiger partial charge >= 0.3 is 0 Å². The van der Waals surface area contributed by atoms with Crippen molar-refractivity contribution in [2.75, 3.05) is 0 Å². The Labute approximate surface area is 287 Å². The Bertz CT molecular complexity index is 2590. The van der Waals surface area contributed by atoms with Crippen molar-refractivity contribution < 1.29 is 0 Å². The number of nitrogens with zero attached hydrogens (tertiary/aromatic N) is 2. The number of thiophene rings is 1. The third kappa shape index (κ3) is 4.62. The molecule has 1 aromatic heterocycles. The summed E-state index contributed by atoms with van der Waals surface area (Å²) in [5, 5.41) is 23.5. The van der Waals surface area contributed by atoms with E-state index >= 15 is 0 Å². The smallest absolute Gasteiger partial charge is 0.0998 e. The third-order valence-corrected chi connectivity index (χ3v) is 12.2. The number of thioether (sulfide) groups is 1. The molecule has 1 aliphatic carbocycles. The summed E-state index contributed by atoms with van der Waals surface area (Å²) in [6, 6.07) is 49.2. The second-order valence-electron chi connectivity index (χ2n) is 12.2. The van der Waals surface area contributed by atoms with Crippen molar-refractivity contribution in [3.63, 3.8) is 0 Å². The van der Waals surface area contributed by atoms with Gasteiger partial charge in [-0.05, 0) is 80.4 Å². The van der Waals surface area contributed by atoms with Crippen LogP contribution in [0.5, 0.6) is 0 Å². The molecule has 2 nitrogen and oxygen atoms in total. The van der Waals surface area contributed by atoms with Crippen LogP contribution >= 0.6 is 23.1 Å². The summed E-state index contributed by atoms with van der Waals surface area (Å²) in [6.45, 7) is 0. The molecule has 9 rings (SSSR count). The zero-order valence-electron chi connectivity index (χ0n) is 25.7. The molecule has 0 N–H and O–H groups in total. The van der Waals surface area contributed by atoms with E-state index in [2.05, 4.69) is 127 Å². The average Bonchev–Trinajstić information content (AvgIpc) is 3.73. The lowest BCUT2D eigenvalue weighted by atomic mass is 9.84. The van der Waals surface area contributed by atoms with Gasteiger partial charge < -0.3 is 0 Å². The van der Waals surface area contributed by atoms with Crippen molar-refractivity contribution in [3.8, 4) is 45.5 Å². The van der Waals surface area contributed by atoms with Crippen molar-refractivity contribution in [1.29, 1.82) is 10.5 Å². The highest BCUT2D eigenvalue weighted by atomic mass is 32.2. The fraction of sp³-hybridized carbons (Fsp3) is 0.0455. The van der Waals surface area contributed by atoms with E-state index in [1.54, 1.807) is 11.3 Å². The molecule has 2 atom stereocenters. The van der Waals surface area contributed by atoms with Gasteiger partial charge in [0.05, 0.1) is 23.3 Å². The summed E-state index contributed by atoms with van der Waals surface area (Å²) in [7, 11) is 0. The summed E-state index contributed by atoms with van der Waals surface area (Å²) >= 11 is 3.71. The highest BCUT2D eigenvalue weighted by molar-refractivity contribution is 8.00. The van der Waals surface area contributed by atoms with Gasteiger partial charge in [0.15, 0.2) is 0 Å². The first kappa shape index (κ1) is 28.6. The lowest BCUT2D eigenvalue weighted by molar-refractivity contribution is 0.893. The molecule has 0 fully saturated rings. The van der Waals surface area contributed by atoms with Crippen LogP contribution in [0.1, 0.15) is 28.2 Å². The Balaban J connectivity index is 1.06. The van der Waals surface area contributed by atoms with Gasteiger partial charge in [-0.1, -0.05) is 115 Å². The minimum Gasteiger partial charge on any atom is -0.192 e. The van der Waals surface area contributed by atoms with Gasteiger partial charge in [-0.25, -0.2) is 0 Å². The Morgan fingerprint density at radius 1 is 0.562 bits per heavy atom. The summed E-state index contributed by atoms with van der Waals surface area (Å²) in [6.07, 6.45) is 6.65. The molecule has 0 saturated heterocycles. The Hall–Kier alpha value is -5.65. The van der Waals surface area contributed by atoms with Crippen LogP contribution in [-0.2, 0) is 0 Å². The van der Waals surface area contributed by atoms with Crippen LogP contribution in [0.3, 0.4) is 0 Å². The maximum absolute atomic E-state index is 10.3.